The van der Waals surface area contributed by atoms with Crippen molar-refractivity contribution in [3.63, 3.8) is 0 Å². The van der Waals surface area contributed by atoms with Gasteiger partial charge in [0.1, 0.15) is 5.69 Å². The predicted molar refractivity (Wildman–Crippen MR) is 96.9 cm³/mol. The number of nitrogens with one attached hydrogen (secondary N) is 2. The lowest BCUT2D eigenvalue weighted by molar-refractivity contribution is -0.464. The first-order valence-electron chi connectivity index (χ1n) is 8.28. The summed E-state index contributed by atoms with van der Waals surface area (Å²) in [6, 6.07) is 7.38. The van der Waals surface area contributed by atoms with Crippen molar-refractivity contribution in [3.8, 4) is 0 Å². The average molecular weight is 338 g/mol. The van der Waals surface area contributed by atoms with E-state index in [0.29, 0.717) is 5.69 Å². The Morgan fingerprint density at radius 2 is 1.52 bits per heavy atom. The number of anilines is 2. The molecule has 23 heavy (non-hydrogen) atoms. The molecule has 1 aromatic carbocycles. The van der Waals surface area contributed by atoms with E-state index in [1.807, 2.05) is 37.7 Å². The van der Waals surface area contributed by atoms with Crippen LogP contribution in [0, 0.1) is 0 Å². The van der Waals surface area contributed by atoms with Gasteiger partial charge in [-0.2, -0.15) is 0 Å². The SMILES string of the molecule is CC(Nc1ccc(NS(=O)(=O)C2CCCCCC2)cc1)=[N+](C)C. The maximum Gasteiger partial charge on any atom is 0.246 e. The third-order valence-electron chi connectivity index (χ3n) is 4.38. The van der Waals surface area contributed by atoms with Gasteiger partial charge in [0, 0.05) is 12.6 Å². The second-order valence-corrected chi connectivity index (χ2v) is 8.40. The van der Waals surface area contributed by atoms with Gasteiger partial charge in [-0.3, -0.25) is 9.30 Å². The summed E-state index contributed by atoms with van der Waals surface area (Å²) in [5, 5.41) is 3.01. The molecule has 1 aliphatic carbocycles. The van der Waals surface area contributed by atoms with Gasteiger partial charge in [0.05, 0.1) is 19.3 Å². The molecule has 128 valence electrons. The highest BCUT2D eigenvalue weighted by Gasteiger charge is 2.26. The molecule has 0 atom stereocenters. The molecule has 2 N–H and O–H groups in total. The summed E-state index contributed by atoms with van der Waals surface area (Å²) in [4.78, 5) is 0. The summed E-state index contributed by atoms with van der Waals surface area (Å²) >= 11 is 0. The van der Waals surface area contributed by atoms with Crippen LogP contribution in [0.5, 0.6) is 0 Å². The molecule has 0 radical (unpaired) electrons. The maximum absolute atomic E-state index is 12.5. The highest BCUT2D eigenvalue weighted by Crippen LogP contribution is 2.25. The fourth-order valence-electron chi connectivity index (χ4n) is 2.74. The molecule has 0 saturated heterocycles. The fourth-order valence-corrected chi connectivity index (χ4v) is 4.33. The minimum atomic E-state index is -3.29. The molecule has 0 aromatic heterocycles. The molecule has 0 bridgehead atoms. The van der Waals surface area contributed by atoms with E-state index in [4.69, 9.17) is 0 Å². The van der Waals surface area contributed by atoms with Gasteiger partial charge in [0.25, 0.3) is 0 Å². The van der Waals surface area contributed by atoms with Crippen LogP contribution in [0.4, 0.5) is 11.4 Å². The van der Waals surface area contributed by atoms with Crippen LogP contribution >= 0.6 is 0 Å². The van der Waals surface area contributed by atoms with E-state index in [1.165, 1.54) is 0 Å². The Labute approximate surface area is 139 Å². The molecule has 0 heterocycles. The largest absolute Gasteiger partial charge is 0.283 e. The van der Waals surface area contributed by atoms with Gasteiger partial charge in [-0.25, -0.2) is 13.7 Å². The molecule has 1 aliphatic rings. The lowest BCUT2D eigenvalue weighted by atomic mass is 10.2. The molecule has 2 rings (SSSR count). The first-order valence-corrected chi connectivity index (χ1v) is 9.83. The van der Waals surface area contributed by atoms with Crippen LogP contribution in [-0.4, -0.2) is 38.2 Å². The monoisotopic (exact) mass is 338 g/mol. The Bertz CT molecular complexity index is 639. The summed E-state index contributed by atoms with van der Waals surface area (Å²) in [5.74, 6) is 1.02. The first kappa shape index (κ1) is 17.8. The van der Waals surface area contributed by atoms with Crippen LogP contribution in [0.15, 0.2) is 24.3 Å². The van der Waals surface area contributed by atoms with E-state index in [0.717, 1.165) is 50.0 Å². The second-order valence-electron chi connectivity index (χ2n) is 6.44. The van der Waals surface area contributed by atoms with Crippen LogP contribution in [0.3, 0.4) is 0 Å². The van der Waals surface area contributed by atoms with Crippen LogP contribution in [-0.2, 0) is 10.0 Å². The van der Waals surface area contributed by atoms with Crippen molar-refractivity contribution in [2.24, 2.45) is 0 Å². The maximum atomic E-state index is 12.5. The highest BCUT2D eigenvalue weighted by molar-refractivity contribution is 7.93. The summed E-state index contributed by atoms with van der Waals surface area (Å²) in [6.07, 6.45) is 5.85. The van der Waals surface area contributed by atoms with Crippen molar-refractivity contribution < 1.29 is 13.0 Å². The Balaban J connectivity index is 2.03. The van der Waals surface area contributed by atoms with E-state index in [2.05, 4.69) is 10.0 Å². The molecule has 5 nitrogen and oxygen atoms in total. The van der Waals surface area contributed by atoms with Crippen molar-refractivity contribution in [1.82, 2.24) is 0 Å². The third kappa shape index (κ3) is 5.23. The van der Waals surface area contributed by atoms with Crippen LogP contribution < -0.4 is 10.0 Å². The predicted octanol–water partition coefficient (Wildman–Crippen LogP) is 3.25. The van der Waals surface area contributed by atoms with Gasteiger partial charge in [-0.15, -0.1) is 0 Å². The van der Waals surface area contributed by atoms with Crippen molar-refractivity contribution in [1.29, 1.82) is 0 Å². The summed E-state index contributed by atoms with van der Waals surface area (Å²) in [5.41, 5.74) is 1.57. The summed E-state index contributed by atoms with van der Waals surface area (Å²) in [7, 11) is 0.647. The number of sulfonamides is 1. The second kappa shape index (κ2) is 7.81. The Hall–Kier alpha value is -1.56. The molecular formula is C17H28N3O2S+. The summed E-state index contributed by atoms with van der Waals surface area (Å²) in [6.45, 7) is 1.99. The molecule has 1 aromatic rings. The Morgan fingerprint density at radius 3 is 2.04 bits per heavy atom. The molecule has 1 fully saturated rings. The summed E-state index contributed by atoms with van der Waals surface area (Å²) < 4.78 is 29.8. The number of benzene rings is 1. The lowest BCUT2D eigenvalue weighted by Crippen LogP contribution is -2.27. The number of rotatable bonds is 4. The van der Waals surface area contributed by atoms with Gasteiger partial charge >= 0.3 is 0 Å². The molecule has 0 spiro atoms. The molecule has 6 heteroatoms. The average Bonchev–Trinajstić information content (AvgIpc) is 2.78. The number of nitrogens with zero attached hydrogens (tertiary/aromatic N) is 1. The van der Waals surface area contributed by atoms with Crippen LogP contribution in [0.1, 0.15) is 45.4 Å². The van der Waals surface area contributed by atoms with Crippen molar-refractivity contribution >= 4 is 27.2 Å². The zero-order chi connectivity index (χ0) is 16.9. The van der Waals surface area contributed by atoms with E-state index >= 15 is 0 Å². The van der Waals surface area contributed by atoms with Gasteiger partial charge < -0.3 is 0 Å². The van der Waals surface area contributed by atoms with Gasteiger partial charge in [-0.1, -0.05) is 25.7 Å². The van der Waals surface area contributed by atoms with E-state index in [-0.39, 0.29) is 5.25 Å². The molecular weight excluding hydrogens is 310 g/mol. The molecule has 0 aliphatic heterocycles. The Kier molecular flexibility index (Phi) is 6.04. The lowest BCUT2D eigenvalue weighted by Gasteiger charge is -2.16. The van der Waals surface area contributed by atoms with E-state index < -0.39 is 10.0 Å². The number of hydrogen-bond acceptors (Lipinski definition) is 2. The third-order valence-corrected chi connectivity index (χ3v) is 6.25. The Morgan fingerprint density at radius 1 is 1.00 bits per heavy atom. The standard InChI is InChI=1S/C17H27N3O2S/c1-14(20(2)3)18-15-10-12-16(13-11-15)19-23(21,22)17-8-6-4-5-7-9-17/h10-13,17,19H,4-9H2,1-3H3/p+1. The zero-order valence-electron chi connectivity index (χ0n) is 14.3. The van der Waals surface area contributed by atoms with Gasteiger partial charge in [0.15, 0.2) is 0 Å². The topological polar surface area (TPSA) is 61.2 Å². The normalized spacial score (nSPS) is 16.5. The van der Waals surface area contributed by atoms with Crippen LogP contribution in [0.2, 0.25) is 0 Å². The smallest absolute Gasteiger partial charge is 0.246 e. The number of amidine groups is 1. The van der Waals surface area contributed by atoms with E-state index in [9.17, 15) is 8.42 Å². The zero-order valence-corrected chi connectivity index (χ0v) is 15.1. The highest BCUT2D eigenvalue weighted by atomic mass is 32.2. The van der Waals surface area contributed by atoms with Gasteiger partial charge in [0.2, 0.25) is 15.9 Å². The minimum Gasteiger partial charge on any atom is -0.283 e. The molecule has 1 saturated carbocycles. The quantitative estimate of drug-likeness (QED) is 0.383. The van der Waals surface area contributed by atoms with Crippen molar-refractivity contribution in [2.75, 3.05) is 24.1 Å². The molecule has 0 unspecified atom stereocenters. The van der Waals surface area contributed by atoms with Crippen LogP contribution in [0.25, 0.3) is 0 Å². The van der Waals surface area contributed by atoms with Crippen molar-refractivity contribution in [3.05, 3.63) is 24.3 Å². The fraction of sp³-hybridized carbons (Fsp3) is 0.588. The number of hydrogen-bond donors (Lipinski definition) is 2. The van der Waals surface area contributed by atoms with Gasteiger partial charge in [-0.05, 0) is 37.1 Å². The van der Waals surface area contributed by atoms with Crippen molar-refractivity contribution in [2.45, 2.75) is 50.7 Å². The molecule has 0 amide bonds. The minimum absolute atomic E-state index is 0.257. The first-order chi connectivity index (χ1) is 10.9. The van der Waals surface area contributed by atoms with E-state index in [1.54, 1.807) is 12.1 Å².